The molecule has 0 bridgehead atoms. The molecule has 3 aromatic rings. The van der Waals surface area contributed by atoms with E-state index in [0.29, 0.717) is 11.3 Å². The number of pyridine rings is 1. The van der Waals surface area contributed by atoms with E-state index in [1.165, 1.54) is 0 Å². The van der Waals surface area contributed by atoms with Gasteiger partial charge in [0, 0.05) is 36.9 Å². The fourth-order valence-electron chi connectivity index (χ4n) is 3.67. The number of nitrogens with zero attached hydrogens (tertiary/aromatic N) is 4. The molecular weight excluding hydrogens is 340 g/mol. The Labute approximate surface area is 158 Å². The van der Waals surface area contributed by atoms with Crippen LogP contribution in [0.25, 0.3) is 5.69 Å². The smallest absolute Gasteiger partial charge is 0.254 e. The molecular formula is C21H22N4O2. The second-order valence-corrected chi connectivity index (χ2v) is 6.63. The number of methoxy groups -OCH3 is 1. The zero-order chi connectivity index (χ0) is 18.6. The van der Waals surface area contributed by atoms with E-state index >= 15 is 0 Å². The zero-order valence-electron chi connectivity index (χ0n) is 15.3. The van der Waals surface area contributed by atoms with Gasteiger partial charge in [0.15, 0.2) is 0 Å². The molecule has 1 unspecified atom stereocenters. The Hall–Kier alpha value is -3.15. The predicted octanol–water partition coefficient (Wildman–Crippen LogP) is 3.64. The van der Waals surface area contributed by atoms with Crippen molar-refractivity contribution in [3.63, 3.8) is 0 Å². The molecule has 6 nitrogen and oxygen atoms in total. The number of piperidine rings is 1. The normalized spacial score (nSPS) is 16.9. The molecule has 0 saturated carbocycles. The third-order valence-corrected chi connectivity index (χ3v) is 5.01. The highest BCUT2D eigenvalue weighted by molar-refractivity contribution is 5.95. The highest BCUT2D eigenvalue weighted by Crippen LogP contribution is 2.32. The third kappa shape index (κ3) is 3.43. The summed E-state index contributed by atoms with van der Waals surface area (Å²) in [5.74, 6) is 0.706. The van der Waals surface area contributed by atoms with Crippen molar-refractivity contribution in [2.24, 2.45) is 0 Å². The minimum absolute atomic E-state index is 0.0274. The first kappa shape index (κ1) is 17.3. The van der Waals surface area contributed by atoms with Crippen LogP contribution < -0.4 is 4.74 Å². The minimum atomic E-state index is 0.0274. The summed E-state index contributed by atoms with van der Waals surface area (Å²) in [5.41, 5.74) is 2.48. The van der Waals surface area contributed by atoms with Crippen molar-refractivity contribution in [3.05, 3.63) is 72.3 Å². The highest BCUT2D eigenvalue weighted by atomic mass is 16.5. The van der Waals surface area contributed by atoms with Crippen molar-refractivity contribution >= 4 is 5.91 Å². The molecule has 27 heavy (non-hydrogen) atoms. The van der Waals surface area contributed by atoms with Gasteiger partial charge < -0.3 is 9.64 Å². The largest absolute Gasteiger partial charge is 0.494 e. The molecule has 1 amide bonds. The average molecular weight is 362 g/mol. The van der Waals surface area contributed by atoms with Gasteiger partial charge in [-0.2, -0.15) is 5.10 Å². The fraction of sp³-hybridized carbons (Fsp3) is 0.286. The molecule has 1 aromatic carbocycles. The van der Waals surface area contributed by atoms with Crippen molar-refractivity contribution in [1.82, 2.24) is 19.7 Å². The fourth-order valence-corrected chi connectivity index (χ4v) is 3.67. The van der Waals surface area contributed by atoms with Gasteiger partial charge in [-0.3, -0.25) is 9.78 Å². The first-order valence-electron chi connectivity index (χ1n) is 9.17. The number of benzene rings is 1. The number of hydrogen-bond donors (Lipinski definition) is 0. The van der Waals surface area contributed by atoms with Crippen molar-refractivity contribution in [3.8, 4) is 11.4 Å². The van der Waals surface area contributed by atoms with E-state index in [9.17, 15) is 4.79 Å². The summed E-state index contributed by atoms with van der Waals surface area (Å²) in [6.45, 7) is 0.752. The number of carbonyl (C=O) groups is 1. The van der Waals surface area contributed by atoms with E-state index < -0.39 is 0 Å². The van der Waals surface area contributed by atoms with Crippen molar-refractivity contribution < 1.29 is 9.53 Å². The molecule has 0 spiro atoms. The molecule has 2 aromatic heterocycles. The van der Waals surface area contributed by atoms with Gasteiger partial charge in [0.05, 0.1) is 13.2 Å². The maximum absolute atomic E-state index is 13.3. The van der Waals surface area contributed by atoms with Crippen LogP contribution in [0, 0.1) is 0 Å². The standard InChI is InChI=1S/C21H22N4O2/c1-27-20-9-8-16(14-19(20)25-13-5-11-23-25)21(26)24-12-3-2-7-18(24)17-6-4-10-22-15-17/h4-6,8-11,13-15,18H,2-3,7,12H2,1H3. The molecule has 4 rings (SSSR count). The molecule has 138 valence electrons. The monoisotopic (exact) mass is 362 g/mol. The Morgan fingerprint density at radius 1 is 1.19 bits per heavy atom. The molecule has 1 fully saturated rings. The lowest BCUT2D eigenvalue weighted by Crippen LogP contribution is -2.38. The number of rotatable bonds is 4. The van der Waals surface area contributed by atoms with Crippen LogP contribution in [0.4, 0.5) is 0 Å². The van der Waals surface area contributed by atoms with Crippen LogP contribution in [0.1, 0.15) is 41.2 Å². The minimum Gasteiger partial charge on any atom is -0.494 e. The summed E-state index contributed by atoms with van der Waals surface area (Å²) < 4.78 is 7.16. The lowest BCUT2D eigenvalue weighted by Gasteiger charge is -2.36. The van der Waals surface area contributed by atoms with Crippen molar-refractivity contribution in [1.29, 1.82) is 0 Å². The SMILES string of the molecule is COc1ccc(C(=O)N2CCCCC2c2cccnc2)cc1-n1cccn1. The van der Waals surface area contributed by atoms with E-state index in [1.807, 2.05) is 53.7 Å². The summed E-state index contributed by atoms with van der Waals surface area (Å²) in [6.07, 6.45) is 10.3. The van der Waals surface area contributed by atoms with Gasteiger partial charge in [0.25, 0.3) is 5.91 Å². The number of carbonyl (C=O) groups excluding carboxylic acids is 1. The van der Waals surface area contributed by atoms with Crippen LogP contribution in [0.3, 0.4) is 0 Å². The van der Waals surface area contributed by atoms with E-state index in [2.05, 4.69) is 10.1 Å². The first-order valence-corrected chi connectivity index (χ1v) is 9.17. The van der Waals surface area contributed by atoms with Gasteiger partial charge >= 0.3 is 0 Å². The van der Waals surface area contributed by atoms with E-state index in [-0.39, 0.29) is 11.9 Å². The lowest BCUT2D eigenvalue weighted by atomic mass is 9.95. The quantitative estimate of drug-likeness (QED) is 0.711. The van der Waals surface area contributed by atoms with Gasteiger partial charge in [0.2, 0.25) is 0 Å². The van der Waals surface area contributed by atoms with Crippen molar-refractivity contribution in [2.75, 3.05) is 13.7 Å². The predicted molar refractivity (Wildman–Crippen MR) is 102 cm³/mol. The van der Waals surface area contributed by atoms with Crippen LogP contribution in [0.15, 0.2) is 61.2 Å². The molecule has 0 radical (unpaired) electrons. The Balaban J connectivity index is 1.68. The van der Waals surface area contributed by atoms with Gasteiger partial charge in [0.1, 0.15) is 11.4 Å². The van der Waals surface area contributed by atoms with E-state index in [1.54, 1.807) is 24.2 Å². The topological polar surface area (TPSA) is 60.2 Å². The molecule has 0 N–H and O–H groups in total. The highest BCUT2D eigenvalue weighted by Gasteiger charge is 2.29. The van der Waals surface area contributed by atoms with Crippen LogP contribution in [0.5, 0.6) is 5.75 Å². The molecule has 3 heterocycles. The summed E-state index contributed by atoms with van der Waals surface area (Å²) in [4.78, 5) is 19.5. The number of ether oxygens (including phenoxy) is 1. The second-order valence-electron chi connectivity index (χ2n) is 6.63. The van der Waals surface area contributed by atoms with Gasteiger partial charge in [-0.15, -0.1) is 0 Å². The van der Waals surface area contributed by atoms with Crippen molar-refractivity contribution in [2.45, 2.75) is 25.3 Å². The lowest BCUT2D eigenvalue weighted by molar-refractivity contribution is 0.0611. The molecule has 0 aliphatic carbocycles. The Morgan fingerprint density at radius 3 is 2.85 bits per heavy atom. The average Bonchev–Trinajstić information content (AvgIpc) is 3.28. The summed E-state index contributed by atoms with van der Waals surface area (Å²) in [5, 5.41) is 4.27. The Bertz CT molecular complexity index is 909. The Morgan fingerprint density at radius 2 is 2.11 bits per heavy atom. The number of hydrogen-bond acceptors (Lipinski definition) is 4. The van der Waals surface area contributed by atoms with Gasteiger partial charge in [-0.05, 0) is 55.2 Å². The summed E-state index contributed by atoms with van der Waals surface area (Å²) in [6, 6.07) is 11.4. The number of aromatic nitrogens is 3. The van der Waals surface area contributed by atoms with Crippen LogP contribution in [0.2, 0.25) is 0 Å². The maximum Gasteiger partial charge on any atom is 0.254 e. The first-order chi connectivity index (χ1) is 13.3. The van der Waals surface area contributed by atoms with Crippen LogP contribution in [-0.4, -0.2) is 39.2 Å². The maximum atomic E-state index is 13.3. The third-order valence-electron chi connectivity index (χ3n) is 5.01. The second kappa shape index (κ2) is 7.61. The summed E-state index contributed by atoms with van der Waals surface area (Å²) in [7, 11) is 1.62. The zero-order valence-corrected chi connectivity index (χ0v) is 15.3. The molecule has 1 aliphatic heterocycles. The molecule has 6 heteroatoms. The summed E-state index contributed by atoms with van der Waals surface area (Å²) >= 11 is 0. The molecule has 1 atom stereocenters. The van der Waals surface area contributed by atoms with Gasteiger partial charge in [-0.1, -0.05) is 6.07 Å². The molecule has 1 saturated heterocycles. The van der Waals surface area contributed by atoms with Crippen LogP contribution >= 0.6 is 0 Å². The van der Waals surface area contributed by atoms with E-state index in [0.717, 1.165) is 37.1 Å². The Kier molecular flexibility index (Phi) is 4.87. The van der Waals surface area contributed by atoms with Crippen LogP contribution in [-0.2, 0) is 0 Å². The van der Waals surface area contributed by atoms with Gasteiger partial charge in [-0.25, -0.2) is 4.68 Å². The number of likely N-dealkylation sites (tertiary alicyclic amines) is 1. The molecule has 1 aliphatic rings. The van der Waals surface area contributed by atoms with E-state index in [4.69, 9.17) is 4.74 Å². The number of amides is 1.